The van der Waals surface area contributed by atoms with E-state index in [4.69, 9.17) is 11.6 Å². The Morgan fingerprint density at radius 3 is 2.87 bits per heavy atom. The van der Waals surface area contributed by atoms with Crippen LogP contribution in [0, 0.1) is 17.7 Å². The van der Waals surface area contributed by atoms with Gasteiger partial charge >= 0.3 is 0 Å². The highest BCUT2D eigenvalue weighted by atomic mass is 35.5. The summed E-state index contributed by atoms with van der Waals surface area (Å²) in [5, 5.41) is 5.16. The molecule has 2 aliphatic rings. The van der Waals surface area contributed by atoms with Crippen LogP contribution in [0.5, 0.6) is 0 Å². The van der Waals surface area contributed by atoms with Gasteiger partial charge in [-0.15, -0.1) is 0 Å². The molecule has 2 N–H and O–H groups in total. The second-order valence-corrected chi connectivity index (χ2v) is 6.03. The number of hydrogen-bond acceptors (Lipinski definition) is 3. The molecule has 1 saturated heterocycles. The van der Waals surface area contributed by atoms with E-state index in [2.05, 4.69) is 10.6 Å². The maximum Gasteiger partial charge on any atom is 0.229 e. The van der Waals surface area contributed by atoms with E-state index >= 15 is 0 Å². The first-order valence-corrected chi connectivity index (χ1v) is 7.62. The third kappa shape index (κ3) is 3.12. The molecular formula is C16H14ClFN2O3. The van der Waals surface area contributed by atoms with Gasteiger partial charge in [-0.1, -0.05) is 17.7 Å². The number of Topliss-reactive ketones (excluding diaryl/α,β-unsaturated/α-hetero) is 1. The van der Waals surface area contributed by atoms with Crippen molar-refractivity contribution in [2.75, 3.05) is 5.32 Å². The summed E-state index contributed by atoms with van der Waals surface area (Å²) in [6.07, 6.45) is 2.65. The summed E-state index contributed by atoms with van der Waals surface area (Å²) >= 11 is 5.69. The number of amides is 2. The SMILES string of the molecule is O=C1C[C@H](C(=O)Nc2ccc(F)c(Cl)c2)[C@@H]2C(=O)CCC=C2N1. The smallest absolute Gasteiger partial charge is 0.229 e. The Morgan fingerprint density at radius 2 is 2.13 bits per heavy atom. The van der Waals surface area contributed by atoms with Gasteiger partial charge in [-0.25, -0.2) is 4.39 Å². The number of piperidine rings is 1. The van der Waals surface area contributed by atoms with Gasteiger partial charge in [0.15, 0.2) is 0 Å². The van der Waals surface area contributed by atoms with E-state index in [0.29, 0.717) is 24.2 Å². The Morgan fingerprint density at radius 1 is 1.35 bits per heavy atom. The quantitative estimate of drug-likeness (QED) is 0.871. The molecule has 3 rings (SSSR count). The molecule has 0 bridgehead atoms. The van der Waals surface area contributed by atoms with Crippen molar-refractivity contribution in [3.63, 3.8) is 0 Å². The number of ketones is 1. The summed E-state index contributed by atoms with van der Waals surface area (Å²) < 4.78 is 13.2. The lowest BCUT2D eigenvalue weighted by molar-refractivity contribution is -0.135. The molecule has 0 saturated carbocycles. The van der Waals surface area contributed by atoms with Crippen LogP contribution in [0.4, 0.5) is 10.1 Å². The third-order valence-corrected chi connectivity index (χ3v) is 4.34. The molecular weight excluding hydrogens is 323 g/mol. The first-order valence-electron chi connectivity index (χ1n) is 7.24. The molecule has 1 aliphatic heterocycles. The summed E-state index contributed by atoms with van der Waals surface area (Å²) in [4.78, 5) is 36.4. The van der Waals surface area contributed by atoms with Crippen molar-refractivity contribution in [1.82, 2.24) is 5.32 Å². The first-order chi connectivity index (χ1) is 11.0. The summed E-state index contributed by atoms with van der Waals surface area (Å²) in [6.45, 7) is 0. The zero-order valence-corrected chi connectivity index (χ0v) is 12.8. The van der Waals surface area contributed by atoms with Crippen molar-refractivity contribution in [2.24, 2.45) is 11.8 Å². The van der Waals surface area contributed by atoms with E-state index in [1.807, 2.05) is 0 Å². The van der Waals surface area contributed by atoms with Gasteiger partial charge in [0.1, 0.15) is 11.6 Å². The minimum Gasteiger partial charge on any atom is -0.329 e. The van der Waals surface area contributed by atoms with Crippen LogP contribution in [-0.2, 0) is 14.4 Å². The fourth-order valence-electron chi connectivity index (χ4n) is 2.98. The largest absolute Gasteiger partial charge is 0.329 e. The molecule has 2 amide bonds. The predicted octanol–water partition coefficient (Wildman–Crippen LogP) is 2.42. The van der Waals surface area contributed by atoms with E-state index < -0.39 is 23.6 Å². The normalized spacial score (nSPS) is 23.7. The van der Waals surface area contributed by atoms with Crippen molar-refractivity contribution < 1.29 is 18.8 Å². The molecule has 1 fully saturated rings. The Balaban J connectivity index is 1.83. The fourth-order valence-corrected chi connectivity index (χ4v) is 3.16. The molecule has 1 heterocycles. The number of anilines is 1. The van der Waals surface area contributed by atoms with Gasteiger partial charge < -0.3 is 10.6 Å². The van der Waals surface area contributed by atoms with Gasteiger partial charge in [0, 0.05) is 24.2 Å². The highest BCUT2D eigenvalue weighted by Gasteiger charge is 2.42. The number of fused-ring (bicyclic) bond motifs is 1. The molecule has 1 aliphatic carbocycles. The van der Waals surface area contributed by atoms with E-state index in [-0.39, 0.29) is 23.1 Å². The number of carbonyl (C=O) groups is 3. The van der Waals surface area contributed by atoms with Crippen molar-refractivity contribution in [1.29, 1.82) is 0 Å². The predicted molar refractivity (Wildman–Crippen MR) is 82.1 cm³/mol. The van der Waals surface area contributed by atoms with Crippen LogP contribution in [0.25, 0.3) is 0 Å². The summed E-state index contributed by atoms with van der Waals surface area (Å²) in [7, 11) is 0. The van der Waals surface area contributed by atoms with Crippen LogP contribution in [0.1, 0.15) is 19.3 Å². The second-order valence-electron chi connectivity index (χ2n) is 5.62. The molecule has 0 spiro atoms. The summed E-state index contributed by atoms with van der Waals surface area (Å²) in [5.74, 6) is -2.79. The summed E-state index contributed by atoms with van der Waals surface area (Å²) in [5.41, 5.74) is 0.830. The maximum absolute atomic E-state index is 13.2. The number of allylic oxidation sites excluding steroid dienone is 2. The average molecular weight is 337 g/mol. The zero-order chi connectivity index (χ0) is 16.6. The van der Waals surface area contributed by atoms with E-state index in [0.717, 1.165) is 6.07 Å². The number of hydrogen-bond donors (Lipinski definition) is 2. The van der Waals surface area contributed by atoms with Gasteiger partial charge in [0.25, 0.3) is 0 Å². The second kappa shape index (κ2) is 6.12. The van der Waals surface area contributed by atoms with Gasteiger partial charge in [-0.2, -0.15) is 0 Å². The monoisotopic (exact) mass is 336 g/mol. The number of halogens is 2. The molecule has 23 heavy (non-hydrogen) atoms. The van der Waals surface area contributed by atoms with Gasteiger partial charge in [-0.05, 0) is 24.6 Å². The molecule has 7 heteroatoms. The molecule has 0 aromatic heterocycles. The van der Waals surface area contributed by atoms with Crippen LogP contribution in [0.15, 0.2) is 30.0 Å². The van der Waals surface area contributed by atoms with Crippen molar-refractivity contribution in [2.45, 2.75) is 19.3 Å². The van der Waals surface area contributed by atoms with E-state index in [9.17, 15) is 18.8 Å². The molecule has 5 nitrogen and oxygen atoms in total. The highest BCUT2D eigenvalue weighted by Crippen LogP contribution is 2.33. The lowest BCUT2D eigenvalue weighted by atomic mass is 9.76. The number of rotatable bonds is 2. The van der Waals surface area contributed by atoms with E-state index in [1.165, 1.54) is 12.1 Å². The summed E-state index contributed by atoms with van der Waals surface area (Å²) in [6, 6.07) is 3.81. The van der Waals surface area contributed by atoms with Crippen LogP contribution >= 0.6 is 11.6 Å². The molecule has 120 valence electrons. The number of nitrogens with one attached hydrogen (secondary N) is 2. The van der Waals surface area contributed by atoms with Crippen LogP contribution in [0.2, 0.25) is 5.02 Å². The minimum atomic E-state index is -0.772. The Bertz CT molecular complexity index is 732. The van der Waals surface area contributed by atoms with Crippen molar-refractivity contribution >= 4 is 34.9 Å². The van der Waals surface area contributed by atoms with Crippen LogP contribution < -0.4 is 10.6 Å². The molecule has 1 aromatic carbocycles. The molecule has 0 unspecified atom stereocenters. The number of carbonyl (C=O) groups excluding carboxylic acids is 3. The average Bonchev–Trinajstić information content (AvgIpc) is 2.50. The zero-order valence-electron chi connectivity index (χ0n) is 12.1. The van der Waals surface area contributed by atoms with Crippen LogP contribution in [-0.4, -0.2) is 17.6 Å². The fraction of sp³-hybridized carbons (Fsp3) is 0.312. The third-order valence-electron chi connectivity index (χ3n) is 4.05. The van der Waals surface area contributed by atoms with Gasteiger partial charge in [0.2, 0.25) is 11.8 Å². The highest BCUT2D eigenvalue weighted by molar-refractivity contribution is 6.31. The Labute approximate surface area is 136 Å². The number of benzene rings is 1. The first kappa shape index (κ1) is 15.7. The van der Waals surface area contributed by atoms with Gasteiger partial charge in [0.05, 0.1) is 16.9 Å². The van der Waals surface area contributed by atoms with Crippen molar-refractivity contribution in [3.05, 3.63) is 40.8 Å². The molecule has 1 aromatic rings. The van der Waals surface area contributed by atoms with Crippen LogP contribution in [0.3, 0.4) is 0 Å². The standard InChI is InChI=1S/C16H14ClFN2O3/c17-10-6-8(4-5-11(10)18)19-16(23)9-7-14(22)20-12-2-1-3-13(21)15(9)12/h2,4-6,9,15H,1,3,7H2,(H,19,23)(H,20,22)/t9-,15-/m0/s1. The van der Waals surface area contributed by atoms with Crippen molar-refractivity contribution in [3.8, 4) is 0 Å². The maximum atomic E-state index is 13.2. The van der Waals surface area contributed by atoms with E-state index in [1.54, 1.807) is 6.08 Å². The Kier molecular flexibility index (Phi) is 4.17. The topological polar surface area (TPSA) is 75.3 Å². The van der Waals surface area contributed by atoms with Gasteiger partial charge in [-0.3, -0.25) is 14.4 Å². The molecule has 0 radical (unpaired) electrons. The minimum absolute atomic E-state index is 0.0558. The Hall–Kier alpha value is -2.21. The lowest BCUT2D eigenvalue weighted by Gasteiger charge is -2.34. The lowest BCUT2D eigenvalue weighted by Crippen LogP contribution is -2.47. The molecule has 2 atom stereocenters.